The van der Waals surface area contributed by atoms with Crippen molar-refractivity contribution in [2.75, 3.05) is 0 Å². The van der Waals surface area contributed by atoms with Crippen LogP contribution in [0.2, 0.25) is 0 Å². The fourth-order valence-corrected chi connectivity index (χ4v) is 7.66. The van der Waals surface area contributed by atoms with E-state index in [1.165, 1.54) is 0 Å². The Balaban J connectivity index is 1.29. The van der Waals surface area contributed by atoms with E-state index in [0.717, 1.165) is 35.1 Å². The van der Waals surface area contributed by atoms with Gasteiger partial charge < -0.3 is 14.6 Å². The number of allylic oxidation sites excluding steroid dienone is 15. The maximum absolute atomic E-state index is 12.5. The van der Waals surface area contributed by atoms with Gasteiger partial charge in [-0.25, -0.2) is 4.79 Å². The number of aliphatic hydroxyl groups excluding tert-OH is 1. The maximum Gasteiger partial charge on any atom is 0.339 e. The number of epoxide rings is 1. The lowest BCUT2D eigenvalue weighted by atomic mass is 9.63. The fraction of sp³-hybridized carbons (Fsp3) is 0.500. The standard InChI is InChI=1S/C40H52O5/c1-27(15-12-16-28(2)19-20-40-38(7,8)25-33(42)26-39(40,9)45-40)13-10-11-14-29(3)21-34-23-31(36(43)44-34)17-18-35-30(4)22-32(41)24-37(35,5)6/h10-16,19-23,33,35,42H,17-18,24-26H2,1-9H3. The molecular formula is C40H52O5. The normalized spacial score (nSPS) is 32.8. The van der Waals surface area contributed by atoms with Crippen LogP contribution in [0.15, 0.2) is 107 Å². The van der Waals surface area contributed by atoms with E-state index in [0.29, 0.717) is 30.6 Å². The Bertz CT molecular complexity index is 1480. The Labute approximate surface area is 270 Å². The number of hydrogen-bond donors (Lipinski definition) is 1. The van der Waals surface area contributed by atoms with Gasteiger partial charge in [-0.15, -0.1) is 0 Å². The Morgan fingerprint density at radius 3 is 2.22 bits per heavy atom. The van der Waals surface area contributed by atoms with E-state index < -0.39 is 0 Å². The van der Waals surface area contributed by atoms with Gasteiger partial charge in [-0.05, 0) is 95.1 Å². The van der Waals surface area contributed by atoms with E-state index in [-0.39, 0.29) is 45.8 Å². The first-order chi connectivity index (χ1) is 21.0. The molecule has 2 heterocycles. The number of carbonyl (C=O) groups is 2. The van der Waals surface area contributed by atoms with E-state index in [4.69, 9.17) is 9.47 Å². The van der Waals surface area contributed by atoms with Crippen molar-refractivity contribution in [3.05, 3.63) is 107 Å². The quantitative estimate of drug-likeness (QED) is 0.151. The van der Waals surface area contributed by atoms with Gasteiger partial charge in [0, 0.05) is 23.8 Å². The number of carbonyl (C=O) groups excluding carboxylic acids is 2. The van der Waals surface area contributed by atoms with Crippen LogP contribution >= 0.6 is 0 Å². The Morgan fingerprint density at radius 2 is 1.56 bits per heavy atom. The molecule has 0 radical (unpaired) electrons. The van der Waals surface area contributed by atoms with E-state index in [1.807, 2.05) is 44.2 Å². The molecule has 0 aromatic rings. The molecule has 2 aliphatic heterocycles. The van der Waals surface area contributed by atoms with Gasteiger partial charge in [0.1, 0.15) is 17.0 Å². The Morgan fingerprint density at radius 1 is 0.911 bits per heavy atom. The topological polar surface area (TPSA) is 76.1 Å². The summed E-state index contributed by atoms with van der Waals surface area (Å²) in [5.41, 5.74) is 4.21. The highest BCUT2D eigenvalue weighted by Crippen LogP contribution is 2.66. The molecule has 1 saturated heterocycles. The van der Waals surface area contributed by atoms with Crippen LogP contribution in [0.4, 0.5) is 0 Å². The van der Waals surface area contributed by atoms with Crippen LogP contribution in [0.25, 0.3) is 0 Å². The molecule has 5 nitrogen and oxygen atoms in total. The number of ether oxygens (including phenoxy) is 2. The lowest BCUT2D eigenvalue weighted by Gasteiger charge is -2.39. The van der Waals surface area contributed by atoms with E-state index in [2.05, 4.69) is 84.9 Å². The second kappa shape index (κ2) is 13.2. The van der Waals surface area contributed by atoms with Gasteiger partial charge in [-0.3, -0.25) is 4.79 Å². The van der Waals surface area contributed by atoms with Crippen LogP contribution in [0, 0.1) is 16.7 Å². The fourth-order valence-electron chi connectivity index (χ4n) is 7.66. The molecule has 5 heteroatoms. The molecule has 0 bridgehead atoms. The molecule has 0 amide bonds. The molecule has 1 saturated carbocycles. The number of rotatable bonds is 10. The van der Waals surface area contributed by atoms with Gasteiger partial charge in [-0.1, -0.05) is 93.0 Å². The highest BCUT2D eigenvalue weighted by Gasteiger charge is 2.74. The molecule has 2 fully saturated rings. The van der Waals surface area contributed by atoms with Gasteiger partial charge in [0.2, 0.25) is 0 Å². The summed E-state index contributed by atoms with van der Waals surface area (Å²) in [6.07, 6.45) is 27.2. The van der Waals surface area contributed by atoms with E-state index in [9.17, 15) is 14.7 Å². The smallest absolute Gasteiger partial charge is 0.339 e. The molecule has 4 atom stereocenters. The van der Waals surface area contributed by atoms with Crippen molar-refractivity contribution >= 4 is 11.8 Å². The highest BCUT2D eigenvalue weighted by atomic mass is 16.6. The minimum absolute atomic E-state index is 0.105. The zero-order valence-corrected chi connectivity index (χ0v) is 28.7. The van der Waals surface area contributed by atoms with Crippen LogP contribution in [-0.2, 0) is 19.1 Å². The van der Waals surface area contributed by atoms with Crippen LogP contribution < -0.4 is 0 Å². The van der Waals surface area contributed by atoms with Gasteiger partial charge in [0.25, 0.3) is 0 Å². The summed E-state index contributed by atoms with van der Waals surface area (Å²) in [5.74, 6) is 0.742. The highest BCUT2D eigenvalue weighted by molar-refractivity contribution is 5.93. The first-order valence-electron chi connectivity index (χ1n) is 16.3. The second-order valence-corrected chi connectivity index (χ2v) is 15.0. The Kier molecular flexibility index (Phi) is 10.2. The third kappa shape index (κ3) is 7.93. The summed E-state index contributed by atoms with van der Waals surface area (Å²) in [4.78, 5) is 24.5. The van der Waals surface area contributed by atoms with Crippen molar-refractivity contribution in [2.24, 2.45) is 16.7 Å². The second-order valence-electron chi connectivity index (χ2n) is 15.0. The van der Waals surface area contributed by atoms with Crippen molar-refractivity contribution in [1.29, 1.82) is 0 Å². The van der Waals surface area contributed by atoms with Crippen molar-refractivity contribution in [2.45, 2.75) is 112 Å². The van der Waals surface area contributed by atoms with Gasteiger partial charge in [0.05, 0.1) is 6.10 Å². The maximum atomic E-state index is 12.5. The average Bonchev–Trinajstić information content (AvgIpc) is 3.38. The number of ketones is 1. The third-order valence-corrected chi connectivity index (χ3v) is 10.0. The minimum Gasteiger partial charge on any atom is -0.423 e. The minimum atomic E-state index is -0.315. The number of hydrogen-bond acceptors (Lipinski definition) is 5. The van der Waals surface area contributed by atoms with Crippen molar-refractivity contribution in [3.8, 4) is 0 Å². The van der Waals surface area contributed by atoms with E-state index in [1.54, 1.807) is 6.08 Å². The molecule has 242 valence electrons. The van der Waals surface area contributed by atoms with Gasteiger partial charge in [-0.2, -0.15) is 0 Å². The van der Waals surface area contributed by atoms with Crippen LogP contribution in [0.3, 0.4) is 0 Å². The summed E-state index contributed by atoms with van der Waals surface area (Å²) in [7, 11) is 0. The first kappa shape index (κ1) is 34.6. The molecule has 0 aromatic carbocycles. The molecule has 4 unspecified atom stereocenters. The summed E-state index contributed by atoms with van der Waals surface area (Å²) >= 11 is 0. The largest absolute Gasteiger partial charge is 0.423 e. The van der Waals surface area contributed by atoms with E-state index >= 15 is 0 Å². The predicted molar refractivity (Wildman–Crippen MR) is 182 cm³/mol. The molecule has 1 N–H and O–H groups in total. The predicted octanol–water partition coefficient (Wildman–Crippen LogP) is 8.91. The Hall–Kier alpha value is -3.28. The monoisotopic (exact) mass is 612 g/mol. The van der Waals surface area contributed by atoms with Crippen LogP contribution in [0.1, 0.15) is 94.4 Å². The summed E-state index contributed by atoms with van der Waals surface area (Å²) < 4.78 is 11.8. The summed E-state index contributed by atoms with van der Waals surface area (Å²) in [5, 5.41) is 10.3. The summed E-state index contributed by atoms with van der Waals surface area (Å²) in [6.45, 7) is 18.9. The number of cyclic esters (lactones) is 1. The molecule has 4 rings (SSSR count). The number of esters is 1. The van der Waals surface area contributed by atoms with Crippen LogP contribution in [0.5, 0.6) is 0 Å². The lowest BCUT2D eigenvalue weighted by Crippen LogP contribution is -2.46. The first-order valence-corrected chi connectivity index (χ1v) is 16.3. The SMILES string of the molecule is CC(C=CC=C(C)C=CC12OC1(C)CC(O)CC2(C)C)=CC=CC=C(C)C=C1C=C(CCC2C(C)=CC(=O)CC2(C)C)C(=O)O1. The molecule has 45 heavy (non-hydrogen) atoms. The van der Waals surface area contributed by atoms with Gasteiger partial charge in [0.15, 0.2) is 5.78 Å². The van der Waals surface area contributed by atoms with Gasteiger partial charge >= 0.3 is 5.97 Å². The molecular weight excluding hydrogens is 560 g/mol. The molecule has 0 spiro atoms. The number of fused-ring (bicyclic) bond motifs is 1. The zero-order valence-electron chi connectivity index (χ0n) is 28.7. The summed E-state index contributed by atoms with van der Waals surface area (Å²) in [6, 6.07) is 0. The third-order valence-electron chi connectivity index (χ3n) is 10.0. The van der Waals surface area contributed by atoms with Crippen molar-refractivity contribution in [1.82, 2.24) is 0 Å². The van der Waals surface area contributed by atoms with Crippen LogP contribution in [-0.4, -0.2) is 34.2 Å². The number of aliphatic hydroxyl groups is 1. The molecule has 4 aliphatic rings. The average molecular weight is 613 g/mol. The zero-order chi connectivity index (χ0) is 33.2. The van der Waals surface area contributed by atoms with Crippen molar-refractivity contribution in [3.63, 3.8) is 0 Å². The van der Waals surface area contributed by atoms with Crippen molar-refractivity contribution < 1.29 is 24.2 Å². The lowest BCUT2D eigenvalue weighted by molar-refractivity contribution is -0.133. The molecule has 0 aromatic heterocycles. The molecule has 2 aliphatic carbocycles.